The fourth-order valence-electron chi connectivity index (χ4n) is 6.42. The van der Waals surface area contributed by atoms with E-state index in [0.29, 0.717) is 43.2 Å². The molecule has 2 saturated heterocycles. The molecule has 0 spiro atoms. The number of pyridine rings is 1. The van der Waals surface area contributed by atoms with Crippen molar-refractivity contribution in [3.05, 3.63) is 130 Å². The molecule has 0 N–H and O–H groups in total. The van der Waals surface area contributed by atoms with Crippen molar-refractivity contribution in [3.63, 3.8) is 0 Å². The molecule has 0 aliphatic carbocycles. The molecule has 5 aromatic rings. The molecule has 2 aromatic heterocycles. The van der Waals surface area contributed by atoms with E-state index in [1.54, 1.807) is 0 Å². The second-order valence-electron chi connectivity index (χ2n) is 11.4. The molecule has 1 unspecified atom stereocenters. The Hall–Kier alpha value is -3.56. The summed E-state index contributed by atoms with van der Waals surface area (Å²) in [6.07, 6.45) is 2.91. The van der Waals surface area contributed by atoms with E-state index in [9.17, 15) is 4.39 Å². The maximum atomic E-state index is 14.6. The van der Waals surface area contributed by atoms with Crippen molar-refractivity contribution >= 4 is 27.0 Å². The zero-order valence-corrected chi connectivity index (χ0v) is 25.9. The Morgan fingerprint density at radius 3 is 2.09 bits per heavy atom. The molecule has 44 heavy (non-hydrogen) atoms. The maximum absolute atomic E-state index is 14.6. The number of benzene rings is 3. The van der Waals surface area contributed by atoms with Crippen molar-refractivity contribution in [2.45, 2.75) is 49.7 Å². The van der Waals surface area contributed by atoms with E-state index in [-0.39, 0.29) is 23.0 Å². The van der Waals surface area contributed by atoms with Crippen molar-refractivity contribution < 1.29 is 23.3 Å². The highest BCUT2D eigenvalue weighted by Gasteiger charge is 2.39. The molecule has 3 aromatic carbocycles. The highest BCUT2D eigenvalue weighted by molar-refractivity contribution is 9.10. The Morgan fingerprint density at radius 2 is 1.50 bits per heavy atom. The van der Waals surface area contributed by atoms with E-state index < -0.39 is 11.4 Å². The summed E-state index contributed by atoms with van der Waals surface area (Å²) in [7, 11) is 0. The van der Waals surface area contributed by atoms with E-state index in [1.807, 2.05) is 65.2 Å². The third-order valence-corrected chi connectivity index (χ3v) is 9.06. The van der Waals surface area contributed by atoms with E-state index in [1.165, 1.54) is 6.07 Å². The summed E-state index contributed by atoms with van der Waals surface area (Å²) in [5.74, 6) is 0.193. The van der Waals surface area contributed by atoms with Crippen molar-refractivity contribution in [2.75, 3.05) is 19.8 Å². The zero-order chi connectivity index (χ0) is 29.9. The van der Waals surface area contributed by atoms with Gasteiger partial charge < -0.3 is 18.9 Å². The van der Waals surface area contributed by atoms with E-state index in [0.717, 1.165) is 36.0 Å². The molecule has 226 valence electrons. The summed E-state index contributed by atoms with van der Waals surface area (Å²) in [5.41, 5.74) is 3.63. The van der Waals surface area contributed by atoms with E-state index in [4.69, 9.17) is 18.9 Å². The summed E-state index contributed by atoms with van der Waals surface area (Å²) >= 11 is 3.22. The normalized spacial score (nSPS) is 20.6. The van der Waals surface area contributed by atoms with Gasteiger partial charge in [0.1, 0.15) is 22.5 Å². The summed E-state index contributed by atoms with van der Waals surface area (Å²) in [4.78, 5) is 4.42. The molecule has 6 nitrogen and oxygen atoms in total. The van der Waals surface area contributed by atoms with Crippen molar-refractivity contribution in [1.82, 2.24) is 9.55 Å². The molecule has 3 atom stereocenters. The van der Waals surface area contributed by atoms with Crippen LogP contribution < -0.4 is 4.74 Å². The highest BCUT2D eigenvalue weighted by atomic mass is 79.9. The minimum atomic E-state index is -0.819. The Kier molecular flexibility index (Phi) is 8.49. The van der Waals surface area contributed by atoms with Gasteiger partial charge >= 0.3 is 0 Å². The molecule has 0 saturated carbocycles. The second kappa shape index (κ2) is 12.8. The van der Waals surface area contributed by atoms with Crippen LogP contribution in [0, 0.1) is 5.82 Å². The van der Waals surface area contributed by atoms with Gasteiger partial charge in [-0.15, -0.1) is 0 Å². The molecule has 2 aliphatic rings. The number of hydrogen-bond donors (Lipinski definition) is 0. The fraction of sp³-hybridized carbons (Fsp3) is 0.306. The van der Waals surface area contributed by atoms with Crippen LogP contribution in [0.5, 0.6) is 5.88 Å². The Balaban J connectivity index is 1.15. The van der Waals surface area contributed by atoms with Crippen LogP contribution in [0.3, 0.4) is 0 Å². The third-order valence-electron chi connectivity index (χ3n) is 8.50. The highest BCUT2D eigenvalue weighted by Crippen LogP contribution is 2.41. The van der Waals surface area contributed by atoms with E-state index >= 15 is 0 Å². The first-order chi connectivity index (χ1) is 21.6. The van der Waals surface area contributed by atoms with Gasteiger partial charge in [0.2, 0.25) is 0 Å². The lowest BCUT2D eigenvalue weighted by Crippen LogP contribution is -2.35. The zero-order valence-electron chi connectivity index (χ0n) is 24.3. The molecule has 4 heterocycles. The van der Waals surface area contributed by atoms with Crippen LogP contribution in [0.2, 0.25) is 0 Å². The molecule has 2 aliphatic heterocycles. The molecular weight excluding hydrogens is 623 g/mol. The van der Waals surface area contributed by atoms with Gasteiger partial charge in [0.15, 0.2) is 11.7 Å². The minimum absolute atomic E-state index is 0.177. The minimum Gasteiger partial charge on any atom is -0.473 e. The summed E-state index contributed by atoms with van der Waals surface area (Å²) < 4.78 is 42.6. The van der Waals surface area contributed by atoms with Gasteiger partial charge in [-0.25, -0.2) is 9.37 Å². The summed E-state index contributed by atoms with van der Waals surface area (Å²) in [5, 5.41) is 0. The van der Waals surface area contributed by atoms with Crippen LogP contribution in [0.25, 0.3) is 11.0 Å². The van der Waals surface area contributed by atoms with Crippen LogP contribution in [-0.4, -0.2) is 41.6 Å². The van der Waals surface area contributed by atoms with Crippen molar-refractivity contribution in [2.24, 2.45) is 0 Å². The standard InChI is InChI=1S/C36H34BrFN2O4/c37-35-30(38)21-32-31(39-35)22-34(40(32)33-18-10-11-19-41-33)44-29-20-28(42-23-29)24-43-36(25-12-4-1-5-13-25,26-14-6-2-7-15-26)27-16-8-3-9-17-27/h1-9,12-17,21-22,28-29,33H,10-11,18-20,23-24H2/t28-,29-,33?/m0/s1. The molecule has 0 bridgehead atoms. The SMILES string of the molecule is Fc1cc2c(cc(O[C@@H]3CO[C@H](COC(c4ccccc4)(c4ccccc4)c4ccccc4)C3)n2C2CCCCO2)nc1Br. The molecule has 8 heteroatoms. The average molecular weight is 658 g/mol. The van der Waals surface area contributed by atoms with Crippen LogP contribution in [0.4, 0.5) is 4.39 Å². The van der Waals surface area contributed by atoms with Crippen LogP contribution >= 0.6 is 15.9 Å². The van der Waals surface area contributed by atoms with Gasteiger partial charge in [-0.3, -0.25) is 4.57 Å². The van der Waals surface area contributed by atoms with Crippen LogP contribution in [-0.2, 0) is 19.8 Å². The van der Waals surface area contributed by atoms with Gasteiger partial charge in [-0.05, 0) is 51.9 Å². The van der Waals surface area contributed by atoms with Crippen molar-refractivity contribution in [3.8, 4) is 5.88 Å². The summed E-state index contributed by atoms with van der Waals surface area (Å²) in [6, 6.07) is 34.4. The molecule has 7 rings (SSSR count). The number of hydrogen-bond acceptors (Lipinski definition) is 5. The molecular formula is C36H34BrFN2O4. The first-order valence-electron chi connectivity index (χ1n) is 15.2. The van der Waals surface area contributed by atoms with Gasteiger partial charge in [-0.1, -0.05) is 91.0 Å². The molecule has 0 amide bonds. The fourth-order valence-corrected chi connectivity index (χ4v) is 6.72. The van der Waals surface area contributed by atoms with Gasteiger partial charge in [-0.2, -0.15) is 0 Å². The first kappa shape index (κ1) is 29.2. The number of ether oxygens (including phenoxy) is 4. The Bertz CT molecular complexity index is 1600. The number of halogens is 2. The number of fused-ring (bicyclic) bond motifs is 1. The van der Waals surface area contributed by atoms with Crippen LogP contribution in [0.1, 0.15) is 48.6 Å². The second-order valence-corrected chi connectivity index (χ2v) is 12.1. The Labute approximate surface area is 264 Å². The van der Waals surface area contributed by atoms with Crippen LogP contribution in [0.15, 0.2) is 108 Å². The number of rotatable bonds is 9. The monoisotopic (exact) mass is 656 g/mol. The Morgan fingerprint density at radius 1 is 0.864 bits per heavy atom. The smallest absolute Gasteiger partial charge is 0.198 e. The third kappa shape index (κ3) is 5.68. The predicted octanol–water partition coefficient (Wildman–Crippen LogP) is 8.18. The number of aromatic nitrogens is 2. The maximum Gasteiger partial charge on any atom is 0.198 e. The summed E-state index contributed by atoms with van der Waals surface area (Å²) in [6.45, 7) is 1.45. The predicted molar refractivity (Wildman–Crippen MR) is 170 cm³/mol. The van der Waals surface area contributed by atoms with Gasteiger partial charge in [0, 0.05) is 25.2 Å². The number of nitrogens with zero attached hydrogens (tertiary/aromatic N) is 2. The molecule has 2 fully saturated rings. The first-order valence-corrected chi connectivity index (χ1v) is 16.0. The lowest BCUT2D eigenvalue weighted by atomic mass is 9.80. The largest absolute Gasteiger partial charge is 0.473 e. The topological polar surface area (TPSA) is 54.7 Å². The van der Waals surface area contributed by atoms with Crippen molar-refractivity contribution in [1.29, 1.82) is 0 Å². The van der Waals surface area contributed by atoms with Gasteiger partial charge in [0.05, 0.1) is 30.4 Å². The van der Waals surface area contributed by atoms with E-state index in [2.05, 4.69) is 57.3 Å². The molecule has 0 radical (unpaired) electrons. The lowest BCUT2D eigenvalue weighted by Gasteiger charge is -2.36. The van der Waals surface area contributed by atoms with Gasteiger partial charge in [0.25, 0.3) is 0 Å². The quantitative estimate of drug-likeness (QED) is 0.118. The lowest BCUT2D eigenvalue weighted by molar-refractivity contribution is -0.0461. The average Bonchev–Trinajstić information content (AvgIpc) is 3.67.